The summed E-state index contributed by atoms with van der Waals surface area (Å²) in [5.41, 5.74) is 1.14. The van der Waals surface area contributed by atoms with Crippen LogP contribution in [0.4, 0.5) is 8.78 Å². The first kappa shape index (κ1) is 17.7. The third-order valence-corrected chi connectivity index (χ3v) is 4.73. The van der Waals surface area contributed by atoms with Crippen molar-refractivity contribution in [2.45, 2.75) is 38.3 Å². The Bertz CT molecular complexity index is 676. The number of nitrogens with zero attached hydrogens (tertiary/aromatic N) is 3. The molecule has 136 valence electrons. The maximum atomic E-state index is 13.8. The van der Waals surface area contributed by atoms with Crippen molar-refractivity contribution in [3.05, 3.63) is 29.6 Å². The second kappa shape index (κ2) is 6.67. The largest absolute Gasteiger partial charge is 0.355 e. The number of amides is 2. The summed E-state index contributed by atoms with van der Waals surface area (Å²) in [5.74, 6) is -3.17. The number of rotatable bonds is 4. The highest BCUT2D eigenvalue weighted by Gasteiger charge is 2.50. The van der Waals surface area contributed by atoms with Gasteiger partial charge in [-0.2, -0.15) is 0 Å². The topological polar surface area (TPSA) is 65.5 Å². The number of alkyl halides is 2. The molecule has 0 aliphatic carbocycles. The minimum absolute atomic E-state index is 0.110. The number of hydrogen-bond donors (Lipinski definition) is 1. The van der Waals surface area contributed by atoms with Crippen molar-refractivity contribution >= 4 is 11.8 Å². The van der Waals surface area contributed by atoms with E-state index in [4.69, 9.17) is 0 Å². The lowest BCUT2D eigenvalue weighted by Gasteiger charge is -2.45. The fourth-order valence-electron chi connectivity index (χ4n) is 3.46. The first-order chi connectivity index (χ1) is 11.7. The van der Waals surface area contributed by atoms with Gasteiger partial charge >= 0.3 is 0 Å². The van der Waals surface area contributed by atoms with Crippen molar-refractivity contribution in [1.29, 1.82) is 0 Å². The summed E-state index contributed by atoms with van der Waals surface area (Å²) in [4.78, 5) is 31.0. The molecule has 0 aromatic carbocycles. The number of aromatic nitrogens is 1. The van der Waals surface area contributed by atoms with Crippen molar-refractivity contribution in [2.24, 2.45) is 0 Å². The summed E-state index contributed by atoms with van der Waals surface area (Å²) >= 11 is 0. The van der Waals surface area contributed by atoms with Gasteiger partial charge in [0.1, 0.15) is 5.69 Å². The quantitative estimate of drug-likeness (QED) is 0.880. The molecule has 0 radical (unpaired) electrons. The van der Waals surface area contributed by atoms with E-state index >= 15 is 0 Å². The Kier molecular flexibility index (Phi) is 4.73. The summed E-state index contributed by atoms with van der Waals surface area (Å²) in [6, 6.07) is 4.73. The van der Waals surface area contributed by atoms with Crippen LogP contribution >= 0.6 is 0 Å². The van der Waals surface area contributed by atoms with Crippen molar-refractivity contribution in [2.75, 3.05) is 26.2 Å². The van der Waals surface area contributed by atoms with E-state index < -0.39 is 12.0 Å². The van der Waals surface area contributed by atoms with Crippen LogP contribution in [0.15, 0.2) is 18.2 Å². The highest BCUT2D eigenvalue weighted by Crippen LogP contribution is 2.35. The van der Waals surface area contributed by atoms with Crippen LogP contribution in [0.3, 0.4) is 0 Å². The standard InChI is InChI=1S/C17H22F2N4O2/c1-11-4-3-5-15(21-11)16(25)22-8-14(9-22)23-10-17(18,19)6-13(23)7-20-12(2)24/h3-5,13-14H,6-10H2,1-2H3,(H,20,24)/t13-/m0/s1. The molecule has 0 bridgehead atoms. The molecular weight excluding hydrogens is 330 g/mol. The average Bonchev–Trinajstić information content (AvgIpc) is 2.78. The van der Waals surface area contributed by atoms with E-state index in [1.807, 2.05) is 13.0 Å². The molecule has 2 amide bonds. The van der Waals surface area contributed by atoms with Gasteiger partial charge in [-0.25, -0.2) is 13.8 Å². The Morgan fingerprint density at radius 1 is 1.36 bits per heavy atom. The third kappa shape index (κ3) is 3.95. The van der Waals surface area contributed by atoms with Crippen LogP contribution in [0.1, 0.15) is 29.5 Å². The summed E-state index contributed by atoms with van der Waals surface area (Å²) in [6.45, 7) is 3.87. The number of hydrogen-bond acceptors (Lipinski definition) is 4. The van der Waals surface area contributed by atoms with Crippen molar-refractivity contribution < 1.29 is 18.4 Å². The Balaban J connectivity index is 1.60. The van der Waals surface area contributed by atoms with Crippen LogP contribution in [0.5, 0.6) is 0 Å². The molecule has 1 aromatic heterocycles. The molecule has 0 saturated carbocycles. The SMILES string of the molecule is CC(=O)NC[C@@H]1CC(F)(F)CN1C1CN(C(=O)c2cccc(C)n2)C1. The molecule has 6 nitrogen and oxygen atoms in total. The fraction of sp³-hybridized carbons (Fsp3) is 0.588. The second-order valence-corrected chi connectivity index (χ2v) is 6.85. The van der Waals surface area contributed by atoms with Gasteiger partial charge < -0.3 is 10.2 Å². The van der Waals surface area contributed by atoms with E-state index in [0.29, 0.717) is 18.8 Å². The molecule has 8 heteroatoms. The van der Waals surface area contributed by atoms with Crippen LogP contribution in [-0.4, -0.2) is 70.8 Å². The van der Waals surface area contributed by atoms with E-state index in [2.05, 4.69) is 10.3 Å². The van der Waals surface area contributed by atoms with Gasteiger partial charge in [0.15, 0.2) is 0 Å². The van der Waals surface area contributed by atoms with E-state index in [-0.39, 0.29) is 37.4 Å². The monoisotopic (exact) mass is 352 g/mol. The molecule has 0 spiro atoms. The van der Waals surface area contributed by atoms with Crippen LogP contribution in [0.25, 0.3) is 0 Å². The van der Waals surface area contributed by atoms with Gasteiger partial charge in [-0.3, -0.25) is 14.5 Å². The second-order valence-electron chi connectivity index (χ2n) is 6.85. The third-order valence-electron chi connectivity index (χ3n) is 4.73. The molecule has 3 heterocycles. The maximum Gasteiger partial charge on any atom is 0.272 e. The zero-order valence-corrected chi connectivity index (χ0v) is 14.3. The number of nitrogens with one attached hydrogen (secondary N) is 1. The molecule has 1 atom stereocenters. The number of halogens is 2. The first-order valence-electron chi connectivity index (χ1n) is 8.36. The Morgan fingerprint density at radius 2 is 2.08 bits per heavy atom. The summed E-state index contributed by atoms with van der Waals surface area (Å²) in [6.07, 6.45) is -0.267. The zero-order chi connectivity index (χ0) is 18.2. The predicted octanol–water partition coefficient (Wildman–Crippen LogP) is 1.06. The van der Waals surface area contributed by atoms with Crippen molar-refractivity contribution in [3.63, 3.8) is 0 Å². The summed E-state index contributed by atoms with van der Waals surface area (Å²) < 4.78 is 27.6. The lowest BCUT2D eigenvalue weighted by molar-refractivity contribution is -0.119. The number of carbonyl (C=O) groups excluding carboxylic acids is 2. The highest BCUT2D eigenvalue weighted by molar-refractivity contribution is 5.93. The lowest BCUT2D eigenvalue weighted by Crippen LogP contribution is -2.63. The Labute approximate surface area is 145 Å². The molecule has 2 fully saturated rings. The van der Waals surface area contributed by atoms with E-state index in [9.17, 15) is 18.4 Å². The van der Waals surface area contributed by atoms with E-state index in [0.717, 1.165) is 5.69 Å². The number of pyridine rings is 1. The minimum Gasteiger partial charge on any atom is -0.355 e. The van der Waals surface area contributed by atoms with E-state index in [1.165, 1.54) is 6.92 Å². The average molecular weight is 352 g/mol. The molecule has 2 aliphatic heterocycles. The highest BCUT2D eigenvalue weighted by atomic mass is 19.3. The minimum atomic E-state index is -2.76. The summed E-state index contributed by atoms with van der Waals surface area (Å²) in [7, 11) is 0. The zero-order valence-electron chi connectivity index (χ0n) is 14.3. The van der Waals surface area contributed by atoms with Crippen LogP contribution in [0, 0.1) is 6.92 Å². The Hall–Kier alpha value is -2.09. The molecule has 1 aromatic rings. The Morgan fingerprint density at radius 3 is 2.72 bits per heavy atom. The fourth-order valence-corrected chi connectivity index (χ4v) is 3.46. The van der Waals surface area contributed by atoms with Gasteiger partial charge in [-0.05, 0) is 19.1 Å². The first-order valence-corrected chi connectivity index (χ1v) is 8.36. The molecular formula is C17H22F2N4O2. The number of carbonyl (C=O) groups is 2. The van der Waals surface area contributed by atoms with Crippen LogP contribution < -0.4 is 5.32 Å². The van der Waals surface area contributed by atoms with Crippen LogP contribution in [-0.2, 0) is 4.79 Å². The normalized spacial score (nSPS) is 23.4. The van der Waals surface area contributed by atoms with Crippen LogP contribution in [0.2, 0.25) is 0 Å². The number of likely N-dealkylation sites (tertiary alicyclic amines) is 2. The summed E-state index contributed by atoms with van der Waals surface area (Å²) in [5, 5.41) is 2.62. The van der Waals surface area contributed by atoms with Gasteiger partial charge in [0, 0.05) is 50.8 Å². The number of aryl methyl sites for hydroxylation is 1. The maximum absolute atomic E-state index is 13.8. The van der Waals surface area contributed by atoms with Crippen molar-refractivity contribution in [3.8, 4) is 0 Å². The molecule has 2 saturated heterocycles. The smallest absolute Gasteiger partial charge is 0.272 e. The molecule has 2 aliphatic rings. The van der Waals surface area contributed by atoms with E-state index in [1.54, 1.807) is 21.9 Å². The lowest BCUT2D eigenvalue weighted by atomic mass is 10.0. The van der Waals surface area contributed by atoms with Gasteiger partial charge in [0.05, 0.1) is 6.54 Å². The van der Waals surface area contributed by atoms with Gasteiger partial charge in [-0.15, -0.1) is 0 Å². The predicted molar refractivity (Wildman–Crippen MR) is 87.4 cm³/mol. The molecule has 1 N–H and O–H groups in total. The molecule has 3 rings (SSSR count). The van der Waals surface area contributed by atoms with Crippen molar-refractivity contribution in [1.82, 2.24) is 20.1 Å². The van der Waals surface area contributed by atoms with Gasteiger partial charge in [0.25, 0.3) is 11.8 Å². The molecule has 25 heavy (non-hydrogen) atoms. The van der Waals surface area contributed by atoms with Gasteiger partial charge in [0.2, 0.25) is 5.91 Å². The van der Waals surface area contributed by atoms with Gasteiger partial charge in [-0.1, -0.05) is 6.07 Å². The molecule has 0 unspecified atom stereocenters.